The van der Waals surface area contributed by atoms with E-state index < -0.39 is 0 Å². The van der Waals surface area contributed by atoms with E-state index in [0.29, 0.717) is 0 Å². The molecule has 1 N–H and O–H groups in total. The highest BCUT2D eigenvalue weighted by molar-refractivity contribution is 4.92. The lowest BCUT2D eigenvalue weighted by Crippen LogP contribution is -2.25. The maximum atomic E-state index is 3.91. The van der Waals surface area contributed by atoms with Crippen molar-refractivity contribution in [2.24, 2.45) is 13.0 Å². The van der Waals surface area contributed by atoms with Gasteiger partial charge in [-0.3, -0.25) is 4.68 Å². The smallest absolute Gasteiger partial charge is 0.0738 e. The Morgan fingerprint density at radius 2 is 2.20 bits per heavy atom. The molecule has 15 heavy (non-hydrogen) atoms. The van der Waals surface area contributed by atoms with Crippen molar-refractivity contribution in [3.05, 3.63) is 11.9 Å². The summed E-state index contributed by atoms with van der Waals surface area (Å²) >= 11 is 0. The second-order valence-electron chi connectivity index (χ2n) is 4.48. The molecule has 4 nitrogen and oxygen atoms in total. The van der Waals surface area contributed by atoms with Crippen molar-refractivity contribution in [3.63, 3.8) is 0 Å². The summed E-state index contributed by atoms with van der Waals surface area (Å²) < 4.78 is 1.83. The van der Waals surface area contributed by atoms with Gasteiger partial charge in [0.05, 0.1) is 11.9 Å². The molecule has 1 aliphatic carbocycles. The average Bonchev–Trinajstić information content (AvgIpc) is 2.66. The van der Waals surface area contributed by atoms with Gasteiger partial charge in [-0.2, -0.15) is 0 Å². The van der Waals surface area contributed by atoms with Gasteiger partial charge in [0.1, 0.15) is 0 Å². The van der Waals surface area contributed by atoms with Crippen molar-refractivity contribution in [1.29, 1.82) is 0 Å². The van der Waals surface area contributed by atoms with Gasteiger partial charge in [-0.15, -0.1) is 5.10 Å². The molecule has 0 radical (unpaired) electrons. The monoisotopic (exact) mass is 208 g/mol. The number of nitrogens with zero attached hydrogens (tertiary/aromatic N) is 3. The van der Waals surface area contributed by atoms with Crippen LogP contribution in [0.2, 0.25) is 0 Å². The van der Waals surface area contributed by atoms with Crippen molar-refractivity contribution < 1.29 is 0 Å². The van der Waals surface area contributed by atoms with Crippen LogP contribution in [-0.4, -0.2) is 21.5 Å². The fourth-order valence-corrected chi connectivity index (χ4v) is 2.27. The largest absolute Gasteiger partial charge is 0.311 e. The Bertz CT molecular complexity index is 289. The molecule has 0 bridgehead atoms. The minimum absolute atomic E-state index is 0.889. The Labute approximate surface area is 91.1 Å². The molecule has 0 unspecified atom stereocenters. The Hall–Kier alpha value is -0.900. The lowest BCUT2D eigenvalue weighted by Gasteiger charge is -2.21. The van der Waals surface area contributed by atoms with Crippen molar-refractivity contribution >= 4 is 0 Å². The summed E-state index contributed by atoms with van der Waals surface area (Å²) in [5.74, 6) is 0.889. The second-order valence-corrected chi connectivity index (χ2v) is 4.48. The van der Waals surface area contributed by atoms with Gasteiger partial charge in [-0.1, -0.05) is 24.5 Å². The minimum Gasteiger partial charge on any atom is -0.311 e. The first-order chi connectivity index (χ1) is 7.36. The number of aromatic nitrogens is 3. The molecule has 0 aliphatic heterocycles. The fourth-order valence-electron chi connectivity index (χ4n) is 2.27. The number of hydrogen-bond acceptors (Lipinski definition) is 3. The zero-order valence-corrected chi connectivity index (χ0v) is 9.45. The van der Waals surface area contributed by atoms with E-state index in [2.05, 4.69) is 15.6 Å². The van der Waals surface area contributed by atoms with Crippen LogP contribution in [0, 0.1) is 5.92 Å². The van der Waals surface area contributed by atoms with Crippen molar-refractivity contribution in [2.75, 3.05) is 6.54 Å². The summed E-state index contributed by atoms with van der Waals surface area (Å²) in [7, 11) is 1.94. The first-order valence-electron chi connectivity index (χ1n) is 5.90. The predicted molar refractivity (Wildman–Crippen MR) is 59.3 cm³/mol. The zero-order valence-electron chi connectivity index (χ0n) is 9.45. The van der Waals surface area contributed by atoms with Crippen LogP contribution in [0.15, 0.2) is 6.20 Å². The minimum atomic E-state index is 0.889. The van der Waals surface area contributed by atoms with Crippen LogP contribution in [0.4, 0.5) is 0 Å². The summed E-state index contributed by atoms with van der Waals surface area (Å²) in [6.07, 6.45) is 8.89. The molecule has 0 atom stereocenters. The first kappa shape index (κ1) is 10.6. The third-order valence-electron chi connectivity index (χ3n) is 3.27. The normalized spacial score (nSPS) is 18.2. The molecule has 1 saturated carbocycles. The van der Waals surface area contributed by atoms with Gasteiger partial charge in [0.25, 0.3) is 0 Å². The van der Waals surface area contributed by atoms with Gasteiger partial charge in [-0.05, 0) is 25.3 Å². The maximum absolute atomic E-state index is 3.91. The molecule has 2 rings (SSSR count). The van der Waals surface area contributed by atoms with Crippen LogP contribution in [0.1, 0.15) is 37.8 Å². The first-order valence-corrected chi connectivity index (χ1v) is 5.90. The number of hydrogen-bond donors (Lipinski definition) is 1. The van der Waals surface area contributed by atoms with Gasteiger partial charge in [0.15, 0.2) is 0 Å². The highest BCUT2D eigenvalue weighted by Gasteiger charge is 2.12. The fraction of sp³-hybridized carbons (Fsp3) is 0.818. The van der Waals surface area contributed by atoms with Gasteiger partial charge >= 0.3 is 0 Å². The van der Waals surface area contributed by atoms with Crippen LogP contribution < -0.4 is 5.32 Å². The van der Waals surface area contributed by atoms with Gasteiger partial charge < -0.3 is 5.32 Å². The molecule has 1 aliphatic rings. The molecule has 1 heterocycles. The van der Waals surface area contributed by atoms with Gasteiger partial charge in [0, 0.05) is 13.6 Å². The average molecular weight is 208 g/mol. The third kappa shape index (κ3) is 3.02. The molecule has 0 aromatic carbocycles. The van der Waals surface area contributed by atoms with Gasteiger partial charge in [-0.25, -0.2) is 0 Å². The van der Waals surface area contributed by atoms with Crippen molar-refractivity contribution in [3.8, 4) is 0 Å². The molecule has 1 aromatic rings. The second kappa shape index (κ2) is 5.26. The lowest BCUT2D eigenvalue weighted by molar-refractivity contribution is 0.340. The molecule has 0 amide bonds. The van der Waals surface area contributed by atoms with Crippen molar-refractivity contribution in [1.82, 2.24) is 20.3 Å². The maximum Gasteiger partial charge on any atom is 0.0738 e. The van der Waals surface area contributed by atoms with E-state index >= 15 is 0 Å². The third-order valence-corrected chi connectivity index (χ3v) is 3.27. The van der Waals surface area contributed by atoms with Crippen LogP contribution in [-0.2, 0) is 13.6 Å². The molecule has 1 aromatic heterocycles. The Morgan fingerprint density at radius 1 is 1.40 bits per heavy atom. The topological polar surface area (TPSA) is 42.7 Å². The van der Waals surface area contributed by atoms with Crippen LogP contribution >= 0.6 is 0 Å². The van der Waals surface area contributed by atoms with E-state index in [0.717, 1.165) is 24.7 Å². The highest BCUT2D eigenvalue weighted by atomic mass is 15.4. The van der Waals surface area contributed by atoms with Crippen LogP contribution in [0.5, 0.6) is 0 Å². The van der Waals surface area contributed by atoms with E-state index in [1.807, 2.05) is 17.9 Å². The quantitative estimate of drug-likeness (QED) is 0.815. The van der Waals surface area contributed by atoms with Gasteiger partial charge in [0.2, 0.25) is 0 Å². The molecule has 0 saturated heterocycles. The molecule has 84 valence electrons. The summed E-state index contributed by atoms with van der Waals surface area (Å²) in [6.45, 7) is 2.03. The molecular weight excluding hydrogens is 188 g/mol. The Morgan fingerprint density at radius 3 is 2.87 bits per heavy atom. The van der Waals surface area contributed by atoms with E-state index in [4.69, 9.17) is 0 Å². The highest BCUT2D eigenvalue weighted by Crippen LogP contribution is 2.22. The van der Waals surface area contributed by atoms with Crippen LogP contribution in [0.3, 0.4) is 0 Å². The number of aryl methyl sites for hydroxylation is 1. The van der Waals surface area contributed by atoms with E-state index in [1.165, 1.54) is 32.1 Å². The molecule has 1 fully saturated rings. The van der Waals surface area contributed by atoms with Crippen LogP contribution in [0.25, 0.3) is 0 Å². The standard InChI is InChI=1S/C11H20N4/c1-15-11(9-13-14-15)8-12-7-10-5-3-2-4-6-10/h9-10,12H,2-8H2,1H3. The SMILES string of the molecule is Cn1nncc1CNCC1CCCCC1. The lowest BCUT2D eigenvalue weighted by atomic mass is 9.89. The Balaban J connectivity index is 1.68. The number of rotatable bonds is 4. The molecular formula is C11H20N4. The summed E-state index contributed by atoms with van der Waals surface area (Å²) in [5, 5.41) is 11.3. The summed E-state index contributed by atoms with van der Waals surface area (Å²) in [5.41, 5.74) is 1.16. The summed E-state index contributed by atoms with van der Waals surface area (Å²) in [6, 6.07) is 0. The zero-order chi connectivity index (χ0) is 10.5. The van der Waals surface area contributed by atoms with E-state index in [-0.39, 0.29) is 0 Å². The molecule has 4 heteroatoms. The van der Waals surface area contributed by atoms with Crippen molar-refractivity contribution in [2.45, 2.75) is 38.6 Å². The predicted octanol–water partition coefficient (Wildman–Crippen LogP) is 1.48. The summed E-state index contributed by atoms with van der Waals surface area (Å²) in [4.78, 5) is 0. The molecule has 0 spiro atoms. The van der Waals surface area contributed by atoms with E-state index in [9.17, 15) is 0 Å². The number of nitrogens with one attached hydrogen (secondary N) is 1. The van der Waals surface area contributed by atoms with E-state index in [1.54, 1.807) is 0 Å². The Kier molecular flexibility index (Phi) is 3.72.